The normalized spacial score (nSPS) is 10.3. The third-order valence-electron chi connectivity index (χ3n) is 10.3. The second-order valence-corrected chi connectivity index (χ2v) is 18.2. The second kappa shape index (κ2) is 40.2. The van der Waals surface area contributed by atoms with Gasteiger partial charge in [-0.3, -0.25) is 29.7 Å². The van der Waals surface area contributed by atoms with E-state index in [0.29, 0.717) is 71.1 Å². The van der Waals surface area contributed by atoms with Crippen LogP contribution in [0.25, 0.3) is 10.8 Å². The number of hydrogen-bond donors (Lipinski definition) is 1. The number of anilines is 1. The van der Waals surface area contributed by atoms with E-state index in [1.54, 1.807) is 12.1 Å². The van der Waals surface area contributed by atoms with Gasteiger partial charge in [0.2, 0.25) is 10.0 Å². The number of aromatic nitrogens is 4. The number of rotatable bonds is 25. The van der Waals surface area contributed by atoms with Crippen LogP contribution in [0.2, 0.25) is 0 Å². The molecule has 32 heteroatoms. The van der Waals surface area contributed by atoms with Crippen LogP contribution in [0.4, 0.5) is 5.69 Å². The Hall–Kier alpha value is -8.08. The predicted molar refractivity (Wildman–Crippen MR) is 291 cm³/mol. The van der Waals surface area contributed by atoms with E-state index >= 15 is 0 Å². The van der Waals surface area contributed by atoms with E-state index < -0.39 is 30.4 Å². The van der Waals surface area contributed by atoms with E-state index in [1.165, 1.54) is 0 Å². The summed E-state index contributed by atoms with van der Waals surface area (Å²) in [6, 6.07) is 41.4. The minimum absolute atomic E-state index is 0. The molecule has 428 valence electrons. The molecule has 1 N–H and O–H groups in total. The topological polar surface area (TPSA) is 400 Å². The molecule has 0 saturated heterocycles. The minimum Gasteiger partial charge on any atom is -0.491 e. The largest absolute Gasteiger partial charge is 2.00 e. The molecule has 0 unspecified atom stereocenters. The molecule has 0 atom stereocenters. The molecule has 4 heterocycles. The van der Waals surface area contributed by atoms with Gasteiger partial charge in [-0.2, -0.15) is 0 Å². The van der Waals surface area contributed by atoms with Crippen LogP contribution in [0, 0.1) is 61.3 Å². The minimum atomic E-state index is -3.75. The number of nitrogens with one attached hydrogen (secondary N) is 1. The maximum Gasteiger partial charge on any atom is 2.00 e. The molecular weight excluding hydrogens is 1200 g/mol. The Morgan fingerprint density at radius 1 is 0.463 bits per heavy atom. The van der Waals surface area contributed by atoms with Gasteiger partial charge in [-0.25, -0.2) is 13.1 Å². The fourth-order valence-corrected chi connectivity index (χ4v) is 8.72. The SMILES string of the molecule is CN(C)c1cccc2c(S(=O)(=O)NCCOCCOCCOc3cc(CN(Cc4ccccn4)Cc4ccccn4)cc(CN(Cc4ccccn4)Cc4ccccn4)c3)cccc12.O=[N+]([O-])[O-].O=[N+]([O-])[O-].O=[N+]([O-])[O-].O=[N+]([O-])[O-].[Zn+2].[Zn+2]. The number of ether oxygens (including phenoxy) is 3. The third-order valence-corrected chi connectivity index (χ3v) is 11.8. The third kappa shape index (κ3) is 31.1. The summed E-state index contributed by atoms with van der Waals surface area (Å²) in [6.45, 7) is 5.54. The zero-order chi connectivity index (χ0) is 58.7. The number of pyridine rings is 4. The van der Waals surface area contributed by atoms with Crippen molar-refractivity contribution < 1.29 is 81.9 Å². The Morgan fingerprint density at radius 3 is 1.21 bits per heavy atom. The Morgan fingerprint density at radius 2 is 0.829 bits per heavy atom. The molecule has 29 nitrogen and oxygen atoms in total. The first-order valence-electron chi connectivity index (χ1n) is 23.6. The van der Waals surface area contributed by atoms with E-state index in [4.69, 9.17) is 75.5 Å². The summed E-state index contributed by atoms with van der Waals surface area (Å²) < 4.78 is 47.2. The number of hydrogen-bond acceptors (Lipinski definition) is 24. The second-order valence-electron chi connectivity index (χ2n) is 16.4. The van der Waals surface area contributed by atoms with Crippen molar-refractivity contribution in [1.29, 1.82) is 0 Å². The maximum atomic E-state index is 13.3. The summed E-state index contributed by atoms with van der Waals surface area (Å²) in [5.41, 5.74) is 7.05. The smallest absolute Gasteiger partial charge is 0.491 e. The van der Waals surface area contributed by atoms with Gasteiger partial charge in [0, 0.05) is 101 Å². The molecular formula is C50H56N12O17SZn2. The van der Waals surface area contributed by atoms with Crippen molar-refractivity contribution in [3.05, 3.63) is 247 Å². The van der Waals surface area contributed by atoms with Crippen molar-refractivity contribution in [3.63, 3.8) is 0 Å². The zero-order valence-corrected chi connectivity index (χ0v) is 51.4. The monoisotopic (exact) mass is 1260 g/mol. The first-order valence-corrected chi connectivity index (χ1v) is 25.1. The number of sulfonamides is 1. The molecule has 0 saturated carbocycles. The van der Waals surface area contributed by atoms with Crippen LogP contribution in [0.1, 0.15) is 33.9 Å². The van der Waals surface area contributed by atoms with Gasteiger partial charge >= 0.3 is 39.0 Å². The van der Waals surface area contributed by atoms with Gasteiger partial charge in [0.15, 0.2) is 0 Å². The van der Waals surface area contributed by atoms with Crippen LogP contribution in [0.15, 0.2) is 157 Å². The van der Waals surface area contributed by atoms with Gasteiger partial charge in [0.05, 0.1) is 74.4 Å². The molecule has 0 amide bonds. The van der Waals surface area contributed by atoms with Gasteiger partial charge in [-0.15, -0.1) is 0 Å². The van der Waals surface area contributed by atoms with Crippen molar-refractivity contribution in [3.8, 4) is 5.75 Å². The average Bonchev–Trinajstić information content (AvgIpc) is 3.39. The molecule has 7 rings (SSSR count). The quantitative estimate of drug-likeness (QED) is 0.0283. The van der Waals surface area contributed by atoms with E-state index in [0.717, 1.165) is 50.7 Å². The summed E-state index contributed by atoms with van der Waals surface area (Å²) in [6.07, 6.45) is 7.30. The molecule has 0 fully saturated rings. The molecule has 82 heavy (non-hydrogen) atoms. The van der Waals surface area contributed by atoms with Crippen LogP contribution < -0.4 is 14.4 Å². The van der Waals surface area contributed by atoms with Crippen molar-refractivity contribution in [1.82, 2.24) is 34.5 Å². The summed E-state index contributed by atoms with van der Waals surface area (Å²) >= 11 is 0. The van der Waals surface area contributed by atoms with Crippen molar-refractivity contribution in [2.75, 3.05) is 58.6 Å². The van der Waals surface area contributed by atoms with Crippen molar-refractivity contribution in [2.24, 2.45) is 0 Å². The molecule has 3 aromatic carbocycles. The summed E-state index contributed by atoms with van der Waals surface area (Å²) in [5.74, 6) is 0.745. The maximum absolute atomic E-state index is 13.3. The van der Waals surface area contributed by atoms with E-state index in [2.05, 4.69) is 52.7 Å². The van der Waals surface area contributed by atoms with E-state index in [9.17, 15) is 8.42 Å². The Kier molecular flexibility index (Phi) is 35.2. The molecule has 0 aliphatic carbocycles. The van der Waals surface area contributed by atoms with Crippen molar-refractivity contribution >= 4 is 26.5 Å². The van der Waals surface area contributed by atoms with Gasteiger partial charge in [0.1, 0.15) is 12.4 Å². The number of fused-ring (bicyclic) bond motifs is 1. The Balaban J connectivity index is 0.00000166. The first kappa shape index (κ1) is 71.9. The van der Waals surface area contributed by atoms with Crippen LogP contribution in [-0.2, 0) is 97.7 Å². The molecule has 7 aromatic rings. The summed E-state index contributed by atoms with van der Waals surface area (Å²) in [5, 5.41) is 60.5. The molecule has 0 aliphatic heterocycles. The van der Waals surface area contributed by atoms with E-state index in [-0.39, 0.29) is 57.0 Å². The Bertz CT molecular complexity index is 2810. The molecule has 0 aliphatic rings. The van der Waals surface area contributed by atoms with Crippen LogP contribution in [-0.4, -0.2) is 112 Å². The fraction of sp³-hybridized carbons (Fsp3) is 0.280. The molecule has 0 spiro atoms. The van der Waals surface area contributed by atoms with Crippen molar-refractivity contribution in [2.45, 2.75) is 44.2 Å². The van der Waals surface area contributed by atoms with Crippen LogP contribution >= 0.6 is 0 Å². The standard InChI is InChI=1S/C50H56N8O5S.4NO3.2Zn/c1-56(2)49-19-11-18-48-47(49)17-12-20-50(48)64(59,60)55-25-26-61-27-28-62-29-30-63-46-32-40(34-57(36-42-13-3-7-21-51-42)37-43-14-4-8-22-52-43)31-41(33-46)35-58(38-44-15-5-9-23-53-44)39-45-16-6-10-24-54-45;4*2-1(3)4;;/h3-24,31-33,55H,25-30,34-39H2,1-2H3;;;;;;/q;4*-1;2*+2. The fourth-order valence-electron chi connectivity index (χ4n) is 7.48. The molecule has 0 radical (unpaired) electrons. The number of nitrogens with zero attached hydrogens (tertiary/aromatic N) is 11. The van der Waals surface area contributed by atoms with Gasteiger partial charge < -0.3 is 80.4 Å². The zero-order valence-electron chi connectivity index (χ0n) is 44.6. The predicted octanol–water partition coefficient (Wildman–Crippen LogP) is 6.32. The van der Waals surface area contributed by atoms with E-state index in [1.807, 2.05) is 141 Å². The summed E-state index contributed by atoms with van der Waals surface area (Å²) in [7, 11) is 0.128. The molecule has 0 bridgehead atoms. The average molecular weight is 1260 g/mol. The summed E-state index contributed by atoms with van der Waals surface area (Å²) in [4.78, 5) is 58.4. The van der Waals surface area contributed by atoms with Gasteiger partial charge in [0.25, 0.3) is 0 Å². The first-order chi connectivity index (χ1) is 38.2. The van der Waals surface area contributed by atoms with Crippen LogP contribution in [0.3, 0.4) is 0 Å². The van der Waals surface area contributed by atoms with Gasteiger partial charge in [-0.05, 0) is 83.9 Å². The van der Waals surface area contributed by atoms with Crippen LogP contribution in [0.5, 0.6) is 5.75 Å². The Labute approximate surface area is 496 Å². The number of benzene rings is 3. The molecule has 4 aromatic heterocycles. The van der Waals surface area contributed by atoms with Gasteiger partial charge in [-0.1, -0.05) is 54.6 Å².